The van der Waals surface area contributed by atoms with Crippen molar-refractivity contribution in [2.75, 3.05) is 19.8 Å². The van der Waals surface area contributed by atoms with Crippen LogP contribution in [-0.2, 0) is 9.47 Å². The van der Waals surface area contributed by atoms with Crippen LogP contribution in [0.2, 0.25) is 0 Å². The van der Waals surface area contributed by atoms with E-state index in [0.29, 0.717) is 12.1 Å². The van der Waals surface area contributed by atoms with E-state index in [-0.39, 0.29) is 0 Å². The van der Waals surface area contributed by atoms with Crippen molar-refractivity contribution in [1.29, 1.82) is 0 Å². The van der Waals surface area contributed by atoms with Crippen LogP contribution in [-0.4, -0.2) is 31.9 Å². The third-order valence-electron chi connectivity index (χ3n) is 3.92. The zero-order valence-electron chi connectivity index (χ0n) is 11.8. The fourth-order valence-corrected chi connectivity index (χ4v) is 2.94. The molecule has 3 nitrogen and oxygen atoms in total. The molecule has 2 rings (SSSR count). The molecule has 104 valence electrons. The van der Waals surface area contributed by atoms with Gasteiger partial charge in [0.1, 0.15) is 5.76 Å². The molecule has 1 aliphatic heterocycles. The van der Waals surface area contributed by atoms with E-state index in [2.05, 4.69) is 25.2 Å². The lowest BCUT2D eigenvalue weighted by Crippen LogP contribution is -2.40. The summed E-state index contributed by atoms with van der Waals surface area (Å²) in [5.41, 5.74) is 0. The normalized spacial score (nSPS) is 29.1. The average molecular weight is 253 g/mol. The first-order valence-corrected chi connectivity index (χ1v) is 7.51. The Morgan fingerprint density at radius 1 is 1.44 bits per heavy atom. The molecule has 0 aromatic rings. The Bertz CT molecular complexity index is 272. The number of allylic oxidation sites excluding steroid dienone is 1. The van der Waals surface area contributed by atoms with Crippen LogP contribution in [0.5, 0.6) is 0 Å². The van der Waals surface area contributed by atoms with Gasteiger partial charge < -0.3 is 14.8 Å². The minimum Gasteiger partial charge on any atom is -0.497 e. The second kappa shape index (κ2) is 7.15. The third-order valence-corrected chi connectivity index (χ3v) is 3.92. The van der Waals surface area contributed by atoms with Gasteiger partial charge in [-0.3, -0.25) is 0 Å². The molecule has 2 aliphatic rings. The Morgan fingerprint density at radius 2 is 2.28 bits per heavy atom. The van der Waals surface area contributed by atoms with Gasteiger partial charge in [-0.15, -0.1) is 0 Å². The van der Waals surface area contributed by atoms with Gasteiger partial charge in [-0.25, -0.2) is 0 Å². The molecule has 3 heteroatoms. The van der Waals surface area contributed by atoms with E-state index in [1.165, 1.54) is 31.4 Å². The topological polar surface area (TPSA) is 30.5 Å². The second-order valence-corrected chi connectivity index (χ2v) is 5.36. The maximum atomic E-state index is 5.80. The summed E-state index contributed by atoms with van der Waals surface area (Å²) in [7, 11) is 0. The van der Waals surface area contributed by atoms with Gasteiger partial charge in [0.05, 0.1) is 18.8 Å². The van der Waals surface area contributed by atoms with Crippen molar-refractivity contribution in [2.45, 2.75) is 58.1 Å². The van der Waals surface area contributed by atoms with E-state index in [1.807, 2.05) is 0 Å². The fraction of sp³-hybridized carbons (Fsp3) is 0.867. The minimum absolute atomic E-state index is 0.419. The van der Waals surface area contributed by atoms with Crippen LogP contribution in [0.15, 0.2) is 11.8 Å². The Kier molecular flexibility index (Phi) is 5.51. The lowest BCUT2D eigenvalue weighted by Gasteiger charge is -2.37. The molecule has 1 N–H and O–H groups in total. The Morgan fingerprint density at radius 3 is 2.89 bits per heavy atom. The zero-order chi connectivity index (χ0) is 12.8. The van der Waals surface area contributed by atoms with Crippen LogP contribution in [0.3, 0.4) is 0 Å². The molecule has 1 heterocycles. The quantitative estimate of drug-likeness (QED) is 0.757. The third kappa shape index (κ3) is 3.72. The molecule has 1 fully saturated rings. The number of rotatable bonds is 7. The van der Waals surface area contributed by atoms with Crippen molar-refractivity contribution in [3.05, 3.63) is 11.8 Å². The second-order valence-electron chi connectivity index (χ2n) is 5.36. The number of hydrogen-bond acceptors (Lipinski definition) is 3. The average Bonchev–Trinajstić information content (AvgIpc) is 2.36. The molecule has 0 aromatic carbocycles. The molecule has 1 aliphatic carbocycles. The molecule has 1 unspecified atom stereocenters. The summed E-state index contributed by atoms with van der Waals surface area (Å²) in [4.78, 5) is 0. The molecule has 0 amide bonds. The van der Waals surface area contributed by atoms with Crippen LogP contribution in [0, 0.1) is 5.92 Å². The molecule has 18 heavy (non-hydrogen) atoms. The first-order chi connectivity index (χ1) is 8.83. The van der Waals surface area contributed by atoms with E-state index in [4.69, 9.17) is 9.47 Å². The highest BCUT2D eigenvalue weighted by atomic mass is 16.5. The molecule has 0 spiro atoms. The smallest absolute Gasteiger partial charge is 0.109 e. The van der Waals surface area contributed by atoms with Crippen molar-refractivity contribution in [2.24, 2.45) is 5.92 Å². The Hall–Kier alpha value is -0.540. The largest absolute Gasteiger partial charge is 0.497 e. The van der Waals surface area contributed by atoms with Gasteiger partial charge in [0.15, 0.2) is 0 Å². The van der Waals surface area contributed by atoms with Crippen molar-refractivity contribution >= 4 is 0 Å². The lowest BCUT2D eigenvalue weighted by molar-refractivity contribution is -0.0297. The number of ether oxygens (including phenoxy) is 2. The van der Waals surface area contributed by atoms with Crippen LogP contribution in [0.1, 0.15) is 46.0 Å². The summed E-state index contributed by atoms with van der Waals surface area (Å²) in [5, 5.41) is 3.56. The van der Waals surface area contributed by atoms with Gasteiger partial charge in [-0.2, -0.15) is 0 Å². The van der Waals surface area contributed by atoms with E-state index >= 15 is 0 Å². The molecule has 0 saturated heterocycles. The molecule has 1 saturated carbocycles. The predicted molar refractivity (Wildman–Crippen MR) is 73.5 cm³/mol. The first kappa shape index (κ1) is 13.9. The van der Waals surface area contributed by atoms with Crippen LogP contribution in [0.4, 0.5) is 0 Å². The Labute approximate surface area is 111 Å². The molecule has 0 bridgehead atoms. The summed E-state index contributed by atoms with van der Waals surface area (Å²) >= 11 is 0. The van der Waals surface area contributed by atoms with Gasteiger partial charge in [0.2, 0.25) is 0 Å². The number of likely N-dealkylation sites (N-methyl/N-ethyl adjacent to an activating group) is 1. The summed E-state index contributed by atoms with van der Waals surface area (Å²) < 4.78 is 11.4. The van der Waals surface area contributed by atoms with Crippen LogP contribution in [0.25, 0.3) is 0 Å². The minimum atomic E-state index is 0.419. The van der Waals surface area contributed by atoms with Gasteiger partial charge >= 0.3 is 0 Å². The van der Waals surface area contributed by atoms with Crippen molar-refractivity contribution < 1.29 is 9.47 Å². The van der Waals surface area contributed by atoms with E-state index in [1.54, 1.807) is 0 Å². The van der Waals surface area contributed by atoms with E-state index in [9.17, 15) is 0 Å². The van der Waals surface area contributed by atoms with E-state index < -0.39 is 0 Å². The standard InChI is InChI=1S/C15H27NO2/c1-3-16-14(15-7-5-6-8-18-15)11-12-9-13(10-12)17-4-2/h7,12-14,16H,3-6,8-11H2,1-2H3. The highest BCUT2D eigenvalue weighted by molar-refractivity contribution is 5.06. The maximum absolute atomic E-state index is 5.80. The predicted octanol–water partition coefficient (Wildman–Crippen LogP) is 2.86. The summed E-state index contributed by atoms with van der Waals surface area (Å²) in [6, 6.07) is 0.419. The maximum Gasteiger partial charge on any atom is 0.109 e. The summed E-state index contributed by atoms with van der Waals surface area (Å²) in [5.74, 6) is 1.99. The summed E-state index contributed by atoms with van der Waals surface area (Å²) in [6.45, 7) is 6.99. The number of nitrogens with one attached hydrogen (secondary N) is 1. The SMILES string of the molecule is CCNC(CC1CC(OCC)C1)C1=CCCCO1. The first-order valence-electron chi connectivity index (χ1n) is 7.51. The van der Waals surface area contributed by atoms with Gasteiger partial charge in [-0.05, 0) is 57.6 Å². The van der Waals surface area contributed by atoms with Crippen LogP contribution >= 0.6 is 0 Å². The zero-order valence-corrected chi connectivity index (χ0v) is 11.8. The van der Waals surface area contributed by atoms with Gasteiger partial charge in [0, 0.05) is 6.61 Å². The van der Waals surface area contributed by atoms with Crippen LogP contribution < -0.4 is 5.32 Å². The fourth-order valence-electron chi connectivity index (χ4n) is 2.94. The molecule has 0 radical (unpaired) electrons. The van der Waals surface area contributed by atoms with E-state index in [0.717, 1.165) is 32.1 Å². The highest BCUT2D eigenvalue weighted by Gasteiger charge is 2.32. The molecular formula is C15H27NO2. The molecule has 1 atom stereocenters. The molecular weight excluding hydrogens is 226 g/mol. The van der Waals surface area contributed by atoms with Crippen molar-refractivity contribution in [1.82, 2.24) is 5.32 Å². The van der Waals surface area contributed by atoms with Crippen molar-refractivity contribution in [3.63, 3.8) is 0 Å². The Balaban J connectivity index is 1.78. The summed E-state index contributed by atoms with van der Waals surface area (Å²) in [6.07, 6.45) is 8.77. The molecule has 0 aromatic heterocycles. The lowest BCUT2D eigenvalue weighted by atomic mass is 9.77. The monoisotopic (exact) mass is 253 g/mol. The number of hydrogen-bond donors (Lipinski definition) is 1. The highest BCUT2D eigenvalue weighted by Crippen LogP contribution is 2.35. The van der Waals surface area contributed by atoms with Gasteiger partial charge in [0.25, 0.3) is 0 Å². The van der Waals surface area contributed by atoms with Gasteiger partial charge in [-0.1, -0.05) is 6.92 Å². The van der Waals surface area contributed by atoms with Crippen molar-refractivity contribution in [3.8, 4) is 0 Å².